The number of piperidine rings is 1. The molecule has 3 rings (SSSR count). The number of amides is 1. The van der Waals surface area contributed by atoms with Gasteiger partial charge in [0.05, 0.1) is 5.56 Å². The number of nitrogens with one attached hydrogen (secondary N) is 2. The van der Waals surface area contributed by atoms with Crippen LogP contribution in [0.25, 0.3) is 10.9 Å². The standard InChI is InChI=1S/C19H29N5O/c1-13-8-9-20-17(12-13)24-14(2)15-6-5-7-16(18(15)22-24)19(25)21-10-11-23(3)4/h5-7,13,17,20H,8-12H2,1-4H3,(H,21,25). The minimum Gasteiger partial charge on any atom is -0.351 e. The van der Waals surface area contributed by atoms with Crippen molar-refractivity contribution in [3.05, 3.63) is 29.5 Å². The summed E-state index contributed by atoms with van der Waals surface area (Å²) >= 11 is 0. The van der Waals surface area contributed by atoms with Crippen LogP contribution in [0.5, 0.6) is 0 Å². The van der Waals surface area contributed by atoms with E-state index in [1.165, 1.54) is 6.42 Å². The van der Waals surface area contributed by atoms with Crippen molar-refractivity contribution in [2.75, 3.05) is 33.7 Å². The molecule has 1 fully saturated rings. The van der Waals surface area contributed by atoms with E-state index in [2.05, 4.69) is 40.1 Å². The number of aryl methyl sites for hydroxylation is 1. The largest absolute Gasteiger partial charge is 0.351 e. The number of rotatable bonds is 5. The number of hydrogen-bond donors (Lipinski definition) is 2. The SMILES string of the molecule is Cc1c2cccc(C(=O)NCCN(C)C)c2nn1C1CC(C)CCN1. The lowest BCUT2D eigenvalue weighted by Gasteiger charge is -2.29. The Kier molecular flexibility index (Phi) is 5.39. The van der Waals surface area contributed by atoms with Crippen molar-refractivity contribution in [2.24, 2.45) is 5.92 Å². The lowest BCUT2D eigenvalue weighted by Crippen LogP contribution is -2.35. The van der Waals surface area contributed by atoms with E-state index in [0.717, 1.165) is 36.1 Å². The molecule has 2 heterocycles. The summed E-state index contributed by atoms with van der Waals surface area (Å²) in [5, 5.41) is 12.4. The molecule has 0 bridgehead atoms. The smallest absolute Gasteiger partial charge is 0.253 e. The van der Waals surface area contributed by atoms with Gasteiger partial charge in [-0.1, -0.05) is 19.1 Å². The van der Waals surface area contributed by atoms with E-state index in [4.69, 9.17) is 5.10 Å². The first kappa shape index (κ1) is 17.9. The van der Waals surface area contributed by atoms with Crippen molar-refractivity contribution in [1.29, 1.82) is 0 Å². The average Bonchev–Trinajstić information content (AvgIpc) is 2.91. The van der Waals surface area contributed by atoms with Gasteiger partial charge in [0.15, 0.2) is 0 Å². The second kappa shape index (κ2) is 7.54. The first-order valence-electron chi connectivity index (χ1n) is 9.11. The molecule has 2 unspecified atom stereocenters. The highest BCUT2D eigenvalue weighted by atomic mass is 16.1. The van der Waals surface area contributed by atoms with E-state index in [1.807, 2.05) is 26.2 Å². The molecule has 0 saturated carbocycles. The highest BCUT2D eigenvalue weighted by Gasteiger charge is 2.24. The molecular weight excluding hydrogens is 314 g/mol. The minimum atomic E-state index is -0.0536. The Hall–Kier alpha value is -1.92. The number of carbonyl (C=O) groups excluding carboxylic acids is 1. The monoisotopic (exact) mass is 343 g/mol. The molecule has 2 N–H and O–H groups in total. The molecule has 1 saturated heterocycles. The lowest BCUT2D eigenvalue weighted by molar-refractivity contribution is 0.0952. The molecule has 0 aliphatic carbocycles. The van der Waals surface area contributed by atoms with Gasteiger partial charge in [0.1, 0.15) is 11.7 Å². The number of fused-ring (bicyclic) bond motifs is 1. The molecule has 1 aliphatic rings. The van der Waals surface area contributed by atoms with Gasteiger partial charge in [0.25, 0.3) is 5.91 Å². The van der Waals surface area contributed by atoms with Gasteiger partial charge in [0.2, 0.25) is 0 Å². The molecule has 1 aromatic heterocycles. The Bertz CT molecular complexity index is 752. The van der Waals surface area contributed by atoms with Crippen LogP contribution in [0.15, 0.2) is 18.2 Å². The third-order valence-corrected chi connectivity index (χ3v) is 5.00. The first-order chi connectivity index (χ1) is 12.0. The Morgan fingerprint density at radius 1 is 1.44 bits per heavy atom. The normalized spacial score (nSPS) is 21.0. The molecule has 1 aliphatic heterocycles. The fourth-order valence-electron chi connectivity index (χ4n) is 3.49. The highest BCUT2D eigenvalue weighted by Crippen LogP contribution is 2.28. The van der Waals surface area contributed by atoms with E-state index < -0.39 is 0 Å². The zero-order chi connectivity index (χ0) is 18.0. The number of benzene rings is 1. The van der Waals surface area contributed by atoms with E-state index in [9.17, 15) is 4.79 Å². The Morgan fingerprint density at radius 3 is 2.96 bits per heavy atom. The van der Waals surface area contributed by atoms with Crippen molar-refractivity contribution in [1.82, 2.24) is 25.3 Å². The van der Waals surface area contributed by atoms with Crippen LogP contribution in [0.2, 0.25) is 0 Å². The van der Waals surface area contributed by atoms with Crippen LogP contribution in [0.4, 0.5) is 0 Å². The summed E-state index contributed by atoms with van der Waals surface area (Å²) in [6.07, 6.45) is 2.48. The predicted octanol–water partition coefficient (Wildman–Crippen LogP) is 2.15. The number of hydrogen-bond acceptors (Lipinski definition) is 4. The van der Waals surface area contributed by atoms with Crippen molar-refractivity contribution >= 4 is 16.8 Å². The van der Waals surface area contributed by atoms with E-state index >= 15 is 0 Å². The Balaban J connectivity index is 1.88. The quantitative estimate of drug-likeness (QED) is 0.873. The zero-order valence-corrected chi connectivity index (χ0v) is 15.7. The summed E-state index contributed by atoms with van der Waals surface area (Å²) in [4.78, 5) is 14.6. The topological polar surface area (TPSA) is 62.2 Å². The van der Waals surface area contributed by atoms with E-state index in [-0.39, 0.29) is 12.1 Å². The summed E-state index contributed by atoms with van der Waals surface area (Å²) in [6, 6.07) is 5.86. The molecule has 2 aromatic rings. The van der Waals surface area contributed by atoms with Gasteiger partial charge in [-0.25, -0.2) is 0 Å². The Morgan fingerprint density at radius 2 is 2.24 bits per heavy atom. The average molecular weight is 343 g/mol. The molecule has 136 valence electrons. The number of nitrogens with zero attached hydrogens (tertiary/aromatic N) is 3. The first-order valence-corrected chi connectivity index (χ1v) is 9.11. The fourth-order valence-corrected chi connectivity index (χ4v) is 3.49. The number of carbonyl (C=O) groups is 1. The second-order valence-corrected chi connectivity index (χ2v) is 7.39. The van der Waals surface area contributed by atoms with Gasteiger partial charge >= 0.3 is 0 Å². The molecule has 6 heteroatoms. The molecule has 6 nitrogen and oxygen atoms in total. The molecule has 0 radical (unpaired) electrons. The maximum Gasteiger partial charge on any atom is 0.253 e. The summed E-state index contributed by atoms with van der Waals surface area (Å²) in [5.74, 6) is 0.633. The molecule has 0 spiro atoms. The van der Waals surface area contributed by atoms with E-state index in [1.54, 1.807) is 0 Å². The summed E-state index contributed by atoms with van der Waals surface area (Å²) in [5.41, 5.74) is 2.56. The van der Waals surface area contributed by atoms with Gasteiger partial charge in [0, 0.05) is 24.2 Å². The molecular formula is C19H29N5O. The van der Waals surface area contributed by atoms with Crippen molar-refractivity contribution in [3.8, 4) is 0 Å². The molecule has 2 atom stereocenters. The van der Waals surface area contributed by atoms with Crippen LogP contribution < -0.4 is 10.6 Å². The maximum absolute atomic E-state index is 12.6. The van der Waals surface area contributed by atoms with Crippen LogP contribution in [0.1, 0.15) is 42.0 Å². The van der Waals surface area contributed by atoms with Gasteiger partial charge in [-0.3, -0.25) is 14.8 Å². The van der Waals surface area contributed by atoms with Gasteiger partial charge in [-0.2, -0.15) is 5.10 Å². The van der Waals surface area contributed by atoms with Gasteiger partial charge < -0.3 is 10.2 Å². The van der Waals surface area contributed by atoms with Crippen molar-refractivity contribution in [3.63, 3.8) is 0 Å². The van der Waals surface area contributed by atoms with Crippen LogP contribution in [0.3, 0.4) is 0 Å². The number of likely N-dealkylation sites (N-methyl/N-ethyl adjacent to an activating group) is 1. The van der Waals surface area contributed by atoms with Crippen LogP contribution in [0, 0.1) is 12.8 Å². The van der Waals surface area contributed by atoms with Crippen molar-refractivity contribution < 1.29 is 4.79 Å². The zero-order valence-electron chi connectivity index (χ0n) is 15.7. The summed E-state index contributed by atoms with van der Waals surface area (Å²) < 4.78 is 2.07. The minimum absolute atomic E-state index is 0.0536. The molecule has 1 aromatic carbocycles. The van der Waals surface area contributed by atoms with Crippen LogP contribution in [-0.2, 0) is 0 Å². The van der Waals surface area contributed by atoms with Crippen LogP contribution in [-0.4, -0.2) is 54.3 Å². The van der Waals surface area contributed by atoms with Crippen LogP contribution >= 0.6 is 0 Å². The lowest BCUT2D eigenvalue weighted by atomic mass is 9.98. The van der Waals surface area contributed by atoms with Gasteiger partial charge in [-0.15, -0.1) is 0 Å². The second-order valence-electron chi connectivity index (χ2n) is 7.39. The molecule has 25 heavy (non-hydrogen) atoms. The van der Waals surface area contributed by atoms with E-state index in [0.29, 0.717) is 18.0 Å². The molecule has 1 amide bonds. The third kappa shape index (κ3) is 3.85. The summed E-state index contributed by atoms with van der Waals surface area (Å²) in [6.45, 7) is 6.84. The Labute approximate surface area is 149 Å². The number of aromatic nitrogens is 2. The maximum atomic E-state index is 12.6. The fraction of sp³-hybridized carbons (Fsp3) is 0.579. The summed E-state index contributed by atoms with van der Waals surface area (Å²) in [7, 11) is 3.99. The third-order valence-electron chi connectivity index (χ3n) is 5.00. The van der Waals surface area contributed by atoms with Crippen molar-refractivity contribution in [2.45, 2.75) is 32.9 Å². The predicted molar refractivity (Wildman–Crippen MR) is 101 cm³/mol. The van der Waals surface area contributed by atoms with Gasteiger partial charge in [-0.05, 0) is 52.4 Å². The highest BCUT2D eigenvalue weighted by molar-refractivity contribution is 6.06.